The fourth-order valence-electron chi connectivity index (χ4n) is 3.98. The van der Waals surface area contributed by atoms with Gasteiger partial charge in [-0.05, 0) is 62.9 Å². The zero-order valence-electron chi connectivity index (χ0n) is 18.7. The zero-order valence-corrected chi connectivity index (χ0v) is 20.3. The number of hydrogen-bond acceptors (Lipinski definition) is 5. The van der Waals surface area contributed by atoms with Gasteiger partial charge in [0.1, 0.15) is 0 Å². The number of aryl methyl sites for hydroxylation is 2. The van der Waals surface area contributed by atoms with Gasteiger partial charge in [-0.1, -0.05) is 11.6 Å². The topological polar surface area (TPSA) is 111 Å². The number of aromatic amines is 1. The molecule has 2 heterocycles. The van der Waals surface area contributed by atoms with E-state index in [4.69, 9.17) is 11.6 Å². The highest BCUT2D eigenvalue weighted by Gasteiger charge is 2.25. The molecule has 0 atom stereocenters. The third kappa shape index (κ3) is 5.70. The second-order valence-electron chi connectivity index (χ2n) is 8.33. The Bertz CT molecular complexity index is 1190. The number of benzene rings is 1. The van der Waals surface area contributed by atoms with Gasteiger partial charge < -0.3 is 15.6 Å². The van der Waals surface area contributed by atoms with E-state index in [1.54, 1.807) is 12.1 Å². The number of aromatic nitrogens is 1. The van der Waals surface area contributed by atoms with Gasteiger partial charge in [0.15, 0.2) is 0 Å². The molecule has 3 N–H and O–H groups in total. The van der Waals surface area contributed by atoms with Crippen molar-refractivity contribution in [2.75, 3.05) is 24.7 Å². The molecule has 2 aromatic rings. The van der Waals surface area contributed by atoms with Crippen LogP contribution in [0.25, 0.3) is 0 Å². The van der Waals surface area contributed by atoms with Crippen LogP contribution in [0.5, 0.6) is 0 Å². The molecule has 32 heavy (non-hydrogen) atoms. The average Bonchev–Trinajstić information content (AvgIpc) is 2.69. The van der Waals surface area contributed by atoms with Gasteiger partial charge in [0.05, 0.1) is 6.26 Å². The number of rotatable bonds is 6. The van der Waals surface area contributed by atoms with E-state index in [0.29, 0.717) is 42.1 Å². The summed E-state index contributed by atoms with van der Waals surface area (Å²) in [5.74, 6) is -0.320. The largest absolute Gasteiger partial charge is 0.382 e. The first-order valence-corrected chi connectivity index (χ1v) is 12.7. The first kappa shape index (κ1) is 24.3. The Morgan fingerprint density at radius 3 is 2.44 bits per heavy atom. The van der Waals surface area contributed by atoms with Crippen LogP contribution in [-0.2, 0) is 16.6 Å². The van der Waals surface area contributed by atoms with Crippen molar-refractivity contribution in [2.24, 2.45) is 0 Å². The van der Waals surface area contributed by atoms with Gasteiger partial charge in [0.2, 0.25) is 10.0 Å². The van der Waals surface area contributed by atoms with Gasteiger partial charge in [-0.3, -0.25) is 9.59 Å². The number of nitrogens with zero attached hydrogens (tertiary/aromatic N) is 1. The number of anilines is 1. The van der Waals surface area contributed by atoms with Gasteiger partial charge >= 0.3 is 0 Å². The summed E-state index contributed by atoms with van der Waals surface area (Å²) in [4.78, 5) is 27.9. The zero-order chi connectivity index (χ0) is 23.6. The van der Waals surface area contributed by atoms with Crippen LogP contribution in [0.3, 0.4) is 0 Å². The number of carbonyl (C=O) groups excluding carboxylic acids is 1. The lowest BCUT2D eigenvalue weighted by atomic mass is 10.0. The molecule has 1 amide bonds. The summed E-state index contributed by atoms with van der Waals surface area (Å²) in [5.41, 5.74) is 3.79. The van der Waals surface area contributed by atoms with E-state index in [1.807, 2.05) is 26.8 Å². The second-order valence-corrected chi connectivity index (χ2v) is 10.8. The van der Waals surface area contributed by atoms with E-state index < -0.39 is 10.0 Å². The minimum Gasteiger partial charge on any atom is -0.382 e. The Morgan fingerprint density at radius 1 is 1.19 bits per heavy atom. The molecule has 0 spiro atoms. The molecular weight excluding hydrogens is 452 g/mol. The van der Waals surface area contributed by atoms with Crippen LogP contribution in [0, 0.1) is 20.8 Å². The lowest BCUT2D eigenvalue weighted by Gasteiger charge is -2.31. The second kappa shape index (κ2) is 9.64. The number of halogens is 1. The molecule has 1 aliphatic heterocycles. The smallest absolute Gasteiger partial charge is 0.253 e. The van der Waals surface area contributed by atoms with Crippen LogP contribution in [-0.4, -0.2) is 49.0 Å². The van der Waals surface area contributed by atoms with E-state index in [2.05, 4.69) is 15.6 Å². The molecule has 1 aromatic heterocycles. The highest BCUT2D eigenvalue weighted by Crippen LogP contribution is 2.27. The fraction of sp³-hybridized carbons (Fsp3) is 0.455. The molecule has 1 aromatic carbocycles. The summed E-state index contributed by atoms with van der Waals surface area (Å²) in [6, 6.07) is 5.32. The molecule has 0 unspecified atom stereocenters. The van der Waals surface area contributed by atoms with Crippen molar-refractivity contribution in [1.82, 2.24) is 14.6 Å². The number of piperidine rings is 1. The molecule has 0 aliphatic carbocycles. The first-order chi connectivity index (χ1) is 15.0. The third-order valence-electron chi connectivity index (χ3n) is 5.82. The molecule has 8 nitrogen and oxygen atoms in total. The maximum Gasteiger partial charge on any atom is 0.253 e. The number of amides is 1. The van der Waals surface area contributed by atoms with E-state index in [0.717, 1.165) is 22.5 Å². The molecule has 1 fully saturated rings. The van der Waals surface area contributed by atoms with Crippen molar-refractivity contribution in [3.63, 3.8) is 0 Å². The number of nitrogens with one attached hydrogen (secondary N) is 3. The quantitative estimate of drug-likeness (QED) is 0.588. The molecule has 10 heteroatoms. The van der Waals surface area contributed by atoms with E-state index >= 15 is 0 Å². The van der Waals surface area contributed by atoms with Crippen molar-refractivity contribution in [3.8, 4) is 0 Å². The monoisotopic (exact) mass is 480 g/mol. The third-order valence-corrected chi connectivity index (χ3v) is 7.34. The van der Waals surface area contributed by atoms with Crippen molar-refractivity contribution in [3.05, 3.63) is 61.5 Å². The summed E-state index contributed by atoms with van der Waals surface area (Å²) in [6.45, 7) is 6.50. The number of hydrogen-bond donors (Lipinski definition) is 3. The Kier molecular flexibility index (Phi) is 7.32. The lowest BCUT2D eigenvalue weighted by molar-refractivity contribution is 0.0950. The van der Waals surface area contributed by atoms with Gasteiger partial charge in [0, 0.05) is 53.2 Å². The van der Waals surface area contributed by atoms with Crippen LogP contribution in [0.15, 0.2) is 23.0 Å². The highest BCUT2D eigenvalue weighted by molar-refractivity contribution is 7.88. The Morgan fingerprint density at radius 2 is 1.84 bits per heavy atom. The van der Waals surface area contributed by atoms with Gasteiger partial charge in [0.25, 0.3) is 11.5 Å². The van der Waals surface area contributed by atoms with Gasteiger partial charge in [-0.15, -0.1) is 0 Å². The normalized spacial score (nSPS) is 15.5. The van der Waals surface area contributed by atoms with Crippen molar-refractivity contribution in [1.29, 1.82) is 0 Å². The van der Waals surface area contributed by atoms with Crippen molar-refractivity contribution >= 4 is 33.2 Å². The Balaban J connectivity index is 1.72. The van der Waals surface area contributed by atoms with Gasteiger partial charge in [-0.25, -0.2) is 12.7 Å². The summed E-state index contributed by atoms with van der Waals surface area (Å²) in [7, 11) is -3.19. The Labute approximate surface area is 193 Å². The van der Waals surface area contributed by atoms with E-state index in [1.165, 1.54) is 10.6 Å². The molecule has 1 aliphatic rings. The summed E-state index contributed by atoms with van der Waals surface area (Å²) in [6.07, 6.45) is 2.55. The molecule has 0 bridgehead atoms. The number of H-pyrrole nitrogens is 1. The van der Waals surface area contributed by atoms with Crippen LogP contribution in [0.1, 0.15) is 45.6 Å². The molecule has 1 saturated heterocycles. The minimum absolute atomic E-state index is 0.0786. The summed E-state index contributed by atoms with van der Waals surface area (Å²) in [5, 5.41) is 6.65. The first-order valence-electron chi connectivity index (χ1n) is 10.4. The van der Waals surface area contributed by atoms with Crippen LogP contribution in [0.2, 0.25) is 5.02 Å². The highest BCUT2D eigenvalue weighted by atomic mass is 35.5. The maximum absolute atomic E-state index is 12.9. The average molecular weight is 481 g/mol. The van der Waals surface area contributed by atoms with Crippen LogP contribution < -0.4 is 16.2 Å². The van der Waals surface area contributed by atoms with Crippen molar-refractivity contribution in [2.45, 2.75) is 46.2 Å². The molecule has 0 saturated carbocycles. The van der Waals surface area contributed by atoms with Gasteiger partial charge in [-0.2, -0.15) is 0 Å². The summed E-state index contributed by atoms with van der Waals surface area (Å²) >= 11 is 6.29. The molecule has 174 valence electrons. The Hall–Kier alpha value is -2.36. The number of carbonyl (C=O) groups is 1. The van der Waals surface area contributed by atoms with Crippen molar-refractivity contribution < 1.29 is 13.2 Å². The number of pyridine rings is 1. The minimum atomic E-state index is -3.19. The van der Waals surface area contributed by atoms with E-state index in [9.17, 15) is 18.0 Å². The fourth-order valence-corrected chi connectivity index (χ4v) is 5.07. The predicted molar refractivity (Wildman–Crippen MR) is 127 cm³/mol. The van der Waals surface area contributed by atoms with Crippen LogP contribution in [0.4, 0.5) is 5.69 Å². The van der Waals surface area contributed by atoms with Crippen LogP contribution >= 0.6 is 11.6 Å². The summed E-state index contributed by atoms with van der Waals surface area (Å²) < 4.78 is 24.9. The maximum atomic E-state index is 12.9. The standard InChI is InChI=1S/C22H29ClN4O4S/c1-13-9-14(2)25-22(29)19(13)12-24-21(28)18-10-16(23)11-20(15(18)3)26-17-5-7-27(8-6-17)32(4,30)31/h9-11,17,26H,5-8,12H2,1-4H3,(H,24,28)(H,25,29). The molecule has 0 radical (unpaired) electrons. The molecule has 3 rings (SSSR count). The predicted octanol–water partition coefficient (Wildman–Crippen LogP) is 2.72. The lowest BCUT2D eigenvalue weighted by Crippen LogP contribution is -2.42. The number of sulfonamides is 1. The van der Waals surface area contributed by atoms with E-state index in [-0.39, 0.29) is 24.1 Å². The molecular formula is C22H29ClN4O4S. The SMILES string of the molecule is Cc1cc(C)c(CNC(=O)c2cc(Cl)cc(NC3CCN(S(C)(=O)=O)CC3)c2C)c(=O)[nH]1.